The Balaban J connectivity index is 2.39. The van der Waals surface area contributed by atoms with Crippen molar-refractivity contribution in [2.24, 2.45) is 5.73 Å². The lowest BCUT2D eigenvalue weighted by Gasteiger charge is -2.33. The lowest BCUT2D eigenvalue weighted by atomic mass is 10.0. The molecule has 62 valence electrons. The van der Waals surface area contributed by atoms with Crippen LogP contribution in [-0.2, 0) is 0 Å². The first-order chi connectivity index (χ1) is 5.38. The molecule has 0 aromatic heterocycles. The number of terminal acetylenes is 1. The molecule has 0 aliphatic carbocycles. The quantitative estimate of drug-likeness (QED) is 0.581. The molecule has 2 nitrogen and oxygen atoms in total. The van der Waals surface area contributed by atoms with Crippen LogP contribution in [0.4, 0.5) is 0 Å². The fourth-order valence-electron chi connectivity index (χ4n) is 1.65. The molecule has 1 aliphatic heterocycles. The molecule has 1 atom stereocenters. The third kappa shape index (κ3) is 2.21. The van der Waals surface area contributed by atoms with Crippen molar-refractivity contribution in [1.29, 1.82) is 0 Å². The summed E-state index contributed by atoms with van der Waals surface area (Å²) in [6, 6.07) is 0.541. The first-order valence-corrected chi connectivity index (χ1v) is 4.26. The molecule has 1 aliphatic rings. The Hall–Kier alpha value is -0.520. The van der Waals surface area contributed by atoms with Gasteiger partial charge in [0.25, 0.3) is 0 Å². The van der Waals surface area contributed by atoms with E-state index < -0.39 is 0 Å². The van der Waals surface area contributed by atoms with Gasteiger partial charge in [0, 0.05) is 12.6 Å². The standard InChI is InChI=1S/C9H16N2/c1-2-6-11-7-4-3-5-9(11)8-10/h1,9H,3-8,10H2. The number of hydrogen-bond donors (Lipinski definition) is 1. The van der Waals surface area contributed by atoms with Crippen molar-refractivity contribution in [2.75, 3.05) is 19.6 Å². The van der Waals surface area contributed by atoms with Gasteiger partial charge in [-0.1, -0.05) is 12.3 Å². The van der Waals surface area contributed by atoms with Crippen LogP contribution < -0.4 is 5.73 Å². The smallest absolute Gasteiger partial charge is 0.0601 e. The zero-order valence-electron chi connectivity index (χ0n) is 6.92. The highest BCUT2D eigenvalue weighted by Gasteiger charge is 2.19. The van der Waals surface area contributed by atoms with Crippen LogP contribution in [0.15, 0.2) is 0 Å². The second-order valence-corrected chi connectivity index (χ2v) is 3.06. The summed E-state index contributed by atoms with van der Waals surface area (Å²) >= 11 is 0. The Morgan fingerprint density at radius 1 is 1.55 bits per heavy atom. The van der Waals surface area contributed by atoms with Crippen molar-refractivity contribution in [1.82, 2.24) is 4.90 Å². The van der Waals surface area contributed by atoms with Gasteiger partial charge in [-0.25, -0.2) is 0 Å². The summed E-state index contributed by atoms with van der Waals surface area (Å²) < 4.78 is 0. The largest absolute Gasteiger partial charge is 0.329 e. The highest BCUT2D eigenvalue weighted by molar-refractivity contribution is 4.91. The van der Waals surface area contributed by atoms with Crippen LogP contribution in [0.2, 0.25) is 0 Å². The summed E-state index contributed by atoms with van der Waals surface area (Å²) in [6.45, 7) is 2.65. The van der Waals surface area contributed by atoms with Gasteiger partial charge in [-0.05, 0) is 19.4 Å². The van der Waals surface area contributed by atoms with E-state index in [4.69, 9.17) is 12.2 Å². The Bertz CT molecular complexity index is 148. The van der Waals surface area contributed by atoms with Crippen LogP contribution in [0.1, 0.15) is 19.3 Å². The van der Waals surface area contributed by atoms with Gasteiger partial charge in [0.05, 0.1) is 6.54 Å². The maximum atomic E-state index is 5.61. The molecule has 0 saturated carbocycles. The number of hydrogen-bond acceptors (Lipinski definition) is 2. The molecule has 1 rings (SSSR count). The van der Waals surface area contributed by atoms with Gasteiger partial charge in [-0.2, -0.15) is 0 Å². The van der Waals surface area contributed by atoms with Gasteiger partial charge in [0.1, 0.15) is 0 Å². The molecule has 0 aromatic rings. The third-order valence-corrected chi connectivity index (χ3v) is 2.32. The van der Waals surface area contributed by atoms with Crippen LogP contribution in [0.3, 0.4) is 0 Å². The minimum Gasteiger partial charge on any atom is -0.329 e. The predicted octanol–water partition coefficient (Wildman–Crippen LogP) is 0.433. The Kier molecular flexibility index (Phi) is 3.41. The van der Waals surface area contributed by atoms with E-state index in [0.29, 0.717) is 6.04 Å². The summed E-state index contributed by atoms with van der Waals surface area (Å²) in [5, 5.41) is 0. The van der Waals surface area contributed by atoms with E-state index in [-0.39, 0.29) is 0 Å². The lowest BCUT2D eigenvalue weighted by Crippen LogP contribution is -2.44. The molecular weight excluding hydrogens is 136 g/mol. The fraction of sp³-hybridized carbons (Fsp3) is 0.778. The van der Waals surface area contributed by atoms with Crippen LogP contribution in [-0.4, -0.2) is 30.6 Å². The maximum Gasteiger partial charge on any atom is 0.0601 e. The predicted molar refractivity (Wildman–Crippen MR) is 47.1 cm³/mol. The molecule has 0 bridgehead atoms. The van der Waals surface area contributed by atoms with Crippen LogP contribution in [0.25, 0.3) is 0 Å². The minimum atomic E-state index is 0.541. The van der Waals surface area contributed by atoms with Crippen molar-refractivity contribution in [3.63, 3.8) is 0 Å². The summed E-state index contributed by atoms with van der Waals surface area (Å²) in [5.41, 5.74) is 5.61. The maximum absolute atomic E-state index is 5.61. The molecular formula is C9H16N2. The van der Waals surface area contributed by atoms with Gasteiger partial charge >= 0.3 is 0 Å². The Labute approximate surface area is 68.8 Å². The molecule has 1 saturated heterocycles. The molecule has 2 N–H and O–H groups in total. The number of likely N-dealkylation sites (tertiary alicyclic amines) is 1. The molecule has 0 amide bonds. The number of nitrogens with two attached hydrogens (primary N) is 1. The van der Waals surface area contributed by atoms with Gasteiger partial charge < -0.3 is 5.73 Å². The fourth-order valence-corrected chi connectivity index (χ4v) is 1.65. The second-order valence-electron chi connectivity index (χ2n) is 3.06. The van der Waals surface area contributed by atoms with E-state index in [1.54, 1.807) is 0 Å². The van der Waals surface area contributed by atoms with Crippen molar-refractivity contribution < 1.29 is 0 Å². The Morgan fingerprint density at radius 3 is 3.00 bits per heavy atom. The van der Waals surface area contributed by atoms with Gasteiger partial charge in [-0.15, -0.1) is 6.42 Å². The van der Waals surface area contributed by atoms with E-state index in [2.05, 4.69) is 10.8 Å². The molecule has 1 heterocycles. The number of rotatable bonds is 2. The minimum absolute atomic E-state index is 0.541. The topological polar surface area (TPSA) is 29.3 Å². The zero-order chi connectivity index (χ0) is 8.10. The van der Waals surface area contributed by atoms with Gasteiger partial charge in [-0.3, -0.25) is 4.90 Å². The first-order valence-electron chi connectivity index (χ1n) is 4.26. The van der Waals surface area contributed by atoms with Crippen LogP contribution in [0, 0.1) is 12.3 Å². The summed E-state index contributed by atoms with van der Waals surface area (Å²) in [7, 11) is 0. The molecule has 2 heteroatoms. The summed E-state index contributed by atoms with van der Waals surface area (Å²) in [5.74, 6) is 2.67. The first kappa shape index (κ1) is 8.58. The highest BCUT2D eigenvalue weighted by Crippen LogP contribution is 2.14. The van der Waals surface area contributed by atoms with E-state index in [1.165, 1.54) is 19.3 Å². The molecule has 0 radical (unpaired) electrons. The van der Waals surface area contributed by atoms with E-state index in [0.717, 1.165) is 19.6 Å². The van der Waals surface area contributed by atoms with E-state index in [1.807, 2.05) is 0 Å². The summed E-state index contributed by atoms with van der Waals surface area (Å²) in [6.07, 6.45) is 9.05. The van der Waals surface area contributed by atoms with Crippen LogP contribution in [0.5, 0.6) is 0 Å². The SMILES string of the molecule is C#CCN1CCCCC1CN. The number of piperidine rings is 1. The zero-order valence-corrected chi connectivity index (χ0v) is 6.92. The lowest BCUT2D eigenvalue weighted by molar-refractivity contribution is 0.173. The van der Waals surface area contributed by atoms with Crippen LogP contribution >= 0.6 is 0 Å². The van der Waals surface area contributed by atoms with Crippen molar-refractivity contribution in [3.8, 4) is 12.3 Å². The molecule has 0 spiro atoms. The van der Waals surface area contributed by atoms with Crippen molar-refractivity contribution in [3.05, 3.63) is 0 Å². The molecule has 1 unspecified atom stereocenters. The normalized spacial score (nSPS) is 26.4. The summed E-state index contributed by atoms with van der Waals surface area (Å²) in [4.78, 5) is 2.31. The molecule has 11 heavy (non-hydrogen) atoms. The molecule has 0 aromatic carbocycles. The van der Waals surface area contributed by atoms with Gasteiger partial charge in [0.2, 0.25) is 0 Å². The van der Waals surface area contributed by atoms with E-state index in [9.17, 15) is 0 Å². The molecule has 1 fully saturated rings. The second kappa shape index (κ2) is 4.38. The van der Waals surface area contributed by atoms with Crippen molar-refractivity contribution in [2.45, 2.75) is 25.3 Å². The highest BCUT2D eigenvalue weighted by atomic mass is 15.2. The third-order valence-electron chi connectivity index (χ3n) is 2.32. The van der Waals surface area contributed by atoms with Gasteiger partial charge in [0.15, 0.2) is 0 Å². The average Bonchev–Trinajstić information content (AvgIpc) is 2.06. The number of nitrogens with zero attached hydrogens (tertiary/aromatic N) is 1. The average molecular weight is 152 g/mol. The Morgan fingerprint density at radius 2 is 2.36 bits per heavy atom. The monoisotopic (exact) mass is 152 g/mol. The van der Waals surface area contributed by atoms with E-state index >= 15 is 0 Å². The van der Waals surface area contributed by atoms with Crippen molar-refractivity contribution >= 4 is 0 Å².